The van der Waals surface area contributed by atoms with Gasteiger partial charge in [-0.15, -0.1) is 0 Å². The van der Waals surface area contributed by atoms with Crippen molar-refractivity contribution in [3.63, 3.8) is 0 Å². The molecule has 1 aromatic heterocycles. The van der Waals surface area contributed by atoms with Crippen LogP contribution in [0.2, 0.25) is 0 Å². The fourth-order valence-corrected chi connectivity index (χ4v) is 4.28. The number of anilines is 1. The Bertz CT molecular complexity index is 636. The van der Waals surface area contributed by atoms with Crippen molar-refractivity contribution in [2.75, 3.05) is 45.2 Å². The van der Waals surface area contributed by atoms with Crippen molar-refractivity contribution in [3.8, 4) is 0 Å². The van der Waals surface area contributed by atoms with Crippen LogP contribution in [-0.4, -0.2) is 71.9 Å². The molecular formula is C18H27N5O2. The average Bonchev–Trinajstić information content (AvgIpc) is 2.90. The first-order chi connectivity index (χ1) is 12.0. The molecular weight excluding hydrogens is 318 g/mol. The first-order valence-electron chi connectivity index (χ1n) is 8.99. The van der Waals surface area contributed by atoms with Crippen molar-refractivity contribution in [1.82, 2.24) is 19.8 Å². The minimum absolute atomic E-state index is 0.101. The lowest BCUT2D eigenvalue weighted by molar-refractivity contribution is -0.142. The molecule has 0 aromatic carbocycles. The van der Waals surface area contributed by atoms with Gasteiger partial charge in [0.25, 0.3) is 0 Å². The molecule has 2 aliphatic rings. The number of hydrogen-bond donors (Lipinski definition) is 0. The van der Waals surface area contributed by atoms with Crippen molar-refractivity contribution < 1.29 is 9.59 Å². The zero-order chi connectivity index (χ0) is 18.0. The molecule has 1 aromatic rings. The molecule has 7 heteroatoms. The summed E-state index contributed by atoms with van der Waals surface area (Å²) in [6.45, 7) is 4.59. The number of hydrogen-bond acceptors (Lipinski definition) is 5. The second kappa shape index (κ2) is 6.98. The predicted molar refractivity (Wildman–Crippen MR) is 95.0 cm³/mol. The first-order valence-corrected chi connectivity index (χ1v) is 8.99. The lowest BCUT2D eigenvalue weighted by Crippen LogP contribution is -2.47. The van der Waals surface area contributed by atoms with E-state index in [1.807, 2.05) is 25.9 Å². The van der Waals surface area contributed by atoms with E-state index in [1.165, 1.54) is 0 Å². The van der Waals surface area contributed by atoms with Gasteiger partial charge in [0.15, 0.2) is 0 Å². The number of likely N-dealkylation sites (tertiary alicyclic amines) is 1. The molecule has 2 fully saturated rings. The molecule has 2 atom stereocenters. The van der Waals surface area contributed by atoms with Crippen molar-refractivity contribution in [1.29, 1.82) is 0 Å². The minimum atomic E-state index is -0.467. The molecule has 25 heavy (non-hydrogen) atoms. The Morgan fingerprint density at radius 1 is 1.28 bits per heavy atom. The van der Waals surface area contributed by atoms with Gasteiger partial charge in [0.1, 0.15) is 0 Å². The van der Waals surface area contributed by atoms with Gasteiger partial charge in [0.2, 0.25) is 17.8 Å². The molecule has 0 bridgehead atoms. The van der Waals surface area contributed by atoms with E-state index in [9.17, 15) is 9.59 Å². The lowest BCUT2D eigenvalue weighted by atomic mass is 9.74. The van der Waals surface area contributed by atoms with Crippen LogP contribution in [0.4, 0.5) is 5.95 Å². The Labute approximate surface area is 149 Å². The van der Waals surface area contributed by atoms with Crippen molar-refractivity contribution in [3.05, 3.63) is 18.5 Å². The summed E-state index contributed by atoms with van der Waals surface area (Å²) in [7, 11) is 3.63. The second-order valence-corrected chi connectivity index (χ2v) is 7.28. The van der Waals surface area contributed by atoms with Crippen LogP contribution in [0.15, 0.2) is 18.5 Å². The number of carbonyl (C=O) groups excluding carboxylic acids is 2. The van der Waals surface area contributed by atoms with Crippen LogP contribution in [0.5, 0.6) is 0 Å². The van der Waals surface area contributed by atoms with Crippen LogP contribution in [0.1, 0.15) is 26.2 Å². The quantitative estimate of drug-likeness (QED) is 0.818. The maximum absolute atomic E-state index is 13.1. The molecule has 7 nitrogen and oxygen atoms in total. The zero-order valence-corrected chi connectivity index (χ0v) is 15.3. The molecule has 0 aliphatic carbocycles. The third-order valence-corrected chi connectivity index (χ3v) is 5.51. The van der Waals surface area contributed by atoms with Gasteiger partial charge >= 0.3 is 0 Å². The number of carbonyl (C=O) groups is 2. The first kappa shape index (κ1) is 17.6. The summed E-state index contributed by atoms with van der Waals surface area (Å²) in [5, 5.41) is 0. The van der Waals surface area contributed by atoms with E-state index in [0.717, 1.165) is 19.4 Å². The van der Waals surface area contributed by atoms with Crippen LogP contribution in [0, 0.1) is 11.3 Å². The second-order valence-electron chi connectivity index (χ2n) is 7.28. The van der Waals surface area contributed by atoms with Crippen molar-refractivity contribution in [2.24, 2.45) is 11.3 Å². The third-order valence-electron chi connectivity index (χ3n) is 5.51. The number of rotatable bonds is 3. The van der Waals surface area contributed by atoms with E-state index >= 15 is 0 Å². The highest BCUT2D eigenvalue weighted by molar-refractivity contribution is 5.84. The third kappa shape index (κ3) is 3.19. The fourth-order valence-electron chi connectivity index (χ4n) is 4.28. The molecule has 3 heterocycles. The number of fused-ring (bicyclic) bond motifs is 1. The van der Waals surface area contributed by atoms with Crippen LogP contribution < -0.4 is 4.90 Å². The maximum atomic E-state index is 13.1. The highest BCUT2D eigenvalue weighted by Crippen LogP contribution is 2.44. The molecule has 2 amide bonds. The van der Waals surface area contributed by atoms with E-state index < -0.39 is 5.41 Å². The Morgan fingerprint density at radius 2 is 2.00 bits per heavy atom. The van der Waals surface area contributed by atoms with Gasteiger partial charge in [-0.3, -0.25) is 9.59 Å². The Morgan fingerprint density at radius 3 is 2.64 bits per heavy atom. The molecule has 0 spiro atoms. The van der Waals surface area contributed by atoms with E-state index in [0.29, 0.717) is 32.0 Å². The highest BCUT2D eigenvalue weighted by atomic mass is 16.2. The number of aromatic nitrogens is 2. The minimum Gasteiger partial charge on any atom is -0.348 e. The number of amides is 2. The smallest absolute Gasteiger partial charge is 0.230 e. The van der Waals surface area contributed by atoms with Gasteiger partial charge in [-0.2, -0.15) is 0 Å². The fraction of sp³-hybridized carbons (Fsp3) is 0.667. The summed E-state index contributed by atoms with van der Waals surface area (Å²) in [6.07, 6.45) is 5.61. The normalized spacial score (nSPS) is 26.1. The van der Waals surface area contributed by atoms with Crippen molar-refractivity contribution >= 4 is 17.8 Å². The summed E-state index contributed by atoms with van der Waals surface area (Å²) in [5.74, 6) is 1.09. The molecule has 3 rings (SSSR count). The molecule has 0 N–H and O–H groups in total. The summed E-state index contributed by atoms with van der Waals surface area (Å²) < 4.78 is 0. The molecule has 0 unspecified atom stereocenters. The largest absolute Gasteiger partial charge is 0.348 e. The summed E-state index contributed by atoms with van der Waals surface area (Å²) in [6, 6.07) is 1.79. The van der Waals surface area contributed by atoms with E-state index in [4.69, 9.17) is 0 Å². The topological polar surface area (TPSA) is 69.6 Å². The monoisotopic (exact) mass is 345 g/mol. The average molecular weight is 345 g/mol. The summed E-state index contributed by atoms with van der Waals surface area (Å²) in [4.78, 5) is 39.8. The SMILES string of the molecule is CCC(=O)N1CCC[C@]2(C(=O)N(C)C)CN(c3ncccn3)C[C@@H]2C1. The molecule has 0 radical (unpaired) electrons. The maximum Gasteiger partial charge on any atom is 0.230 e. The summed E-state index contributed by atoms with van der Waals surface area (Å²) in [5.41, 5.74) is -0.467. The van der Waals surface area contributed by atoms with Gasteiger partial charge < -0.3 is 14.7 Å². The number of nitrogens with zero attached hydrogens (tertiary/aromatic N) is 5. The zero-order valence-electron chi connectivity index (χ0n) is 15.3. The van der Waals surface area contributed by atoms with Crippen LogP contribution >= 0.6 is 0 Å². The van der Waals surface area contributed by atoms with E-state index in [1.54, 1.807) is 23.4 Å². The van der Waals surface area contributed by atoms with Crippen LogP contribution in [0.25, 0.3) is 0 Å². The lowest BCUT2D eigenvalue weighted by Gasteiger charge is -2.34. The molecule has 0 saturated carbocycles. The van der Waals surface area contributed by atoms with Crippen LogP contribution in [0.3, 0.4) is 0 Å². The predicted octanol–water partition coefficient (Wildman–Crippen LogP) is 1.02. The van der Waals surface area contributed by atoms with Crippen molar-refractivity contribution in [2.45, 2.75) is 26.2 Å². The highest BCUT2D eigenvalue weighted by Gasteiger charge is 2.54. The van der Waals surface area contributed by atoms with Gasteiger partial charge in [0.05, 0.1) is 5.41 Å². The van der Waals surface area contributed by atoms with Gasteiger partial charge in [0, 0.05) is 65.0 Å². The Hall–Kier alpha value is -2.18. The standard InChI is InChI=1S/C18H27N5O2/c1-4-15(24)22-10-5-7-18(16(25)21(2)3)13-23(12-14(18)11-22)17-19-8-6-9-20-17/h6,8-9,14H,4-5,7,10-13H2,1-3H3/t14-,18-/m0/s1. The van der Waals surface area contributed by atoms with Crippen LogP contribution in [-0.2, 0) is 9.59 Å². The van der Waals surface area contributed by atoms with E-state index in [-0.39, 0.29) is 17.7 Å². The van der Waals surface area contributed by atoms with E-state index in [2.05, 4.69) is 14.9 Å². The van der Waals surface area contributed by atoms with Gasteiger partial charge in [-0.05, 0) is 18.9 Å². The Kier molecular flexibility index (Phi) is 4.92. The Balaban J connectivity index is 1.92. The molecule has 136 valence electrons. The molecule has 2 aliphatic heterocycles. The summed E-state index contributed by atoms with van der Waals surface area (Å²) >= 11 is 0. The molecule has 2 saturated heterocycles. The van der Waals surface area contributed by atoms with Gasteiger partial charge in [-0.1, -0.05) is 6.92 Å². The van der Waals surface area contributed by atoms with Gasteiger partial charge in [-0.25, -0.2) is 9.97 Å².